The van der Waals surface area contributed by atoms with E-state index in [0.717, 1.165) is 22.7 Å². The summed E-state index contributed by atoms with van der Waals surface area (Å²) < 4.78 is 25.7. The van der Waals surface area contributed by atoms with Gasteiger partial charge >= 0.3 is 0 Å². The van der Waals surface area contributed by atoms with Gasteiger partial charge in [-0.1, -0.05) is 12.1 Å². The van der Waals surface area contributed by atoms with Crippen molar-refractivity contribution in [1.82, 2.24) is 4.72 Å². The Morgan fingerprint density at radius 3 is 2.63 bits per heavy atom. The van der Waals surface area contributed by atoms with Crippen molar-refractivity contribution in [2.24, 2.45) is 0 Å². The Bertz CT molecular complexity index is 739. The maximum absolute atomic E-state index is 11.6. The first kappa shape index (κ1) is 13.5. The molecule has 0 unspecified atom stereocenters. The second kappa shape index (κ2) is 4.97. The second-order valence-corrected chi connectivity index (χ2v) is 6.19. The number of carbonyl (C=O) groups excluding carboxylic acids is 1. The molecule has 0 saturated carbocycles. The number of nitrogens with zero attached hydrogens (tertiary/aromatic N) is 1. The number of fused-ring (bicyclic) bond motifs is 1. The molecule has 0 aliphatic carbocycles. The van der Waals surface area contributed by atoms with E-state index in [1.165, 1.54) is 0 Å². The summed E-state index contributed by atoms with van der Waals surface area (Å²) in [5.41, 5.74) is 2.00. The average molecular weight is 279 g/mol. The summed E-state index contributed by atoms with van der Waals surface area (Å²) in [6.45, 7) is 1.96. The van der Waals surface area contributed by atoms with E-state index in [4.69, 9.17) is 0 Å². The minimum Gasteiger partial charge on any atom is -0.267 e. The van der Waals surface area contributed by atoms with Crippen LogP contribution in [-0.4, -0.2) is 20.6 Å². The van der Waals surface area contributed by atoms with Crippen LogP contribution in [0.3, 0.4) is 0 Å². The summed E-state index contributed by atoms with van der Waals surface area (Å²) in [5.74, 6) is -0.554. The fourth-order valence-corrected chi connectivity index (χ4v) is 2.44. The Kier molecular flexibility index (Phi) is 3.53. The minimum absolute atomic E-state index is 0.0339. The molecule has 0 aliphatic heterocycles. The van der Waals surface area contributed by atoms with Gasteiger partial charge in [0, 0.05) is 17.5 Å². The molecular weight excluding hydrogens is 264 g/mol. The highest BCUT2D eigenvalue weighted by Crippen LogP contribution is 2.13. The molecule has 19 heavy (non-hydrogen) atoms. The van der Waals surface area contributed by atoms with Gasteiger partial charge in [-0.2, -0.15) is 4.57 Å². The highest BCUT2D eigenvalue weighted by atomic mass is 32.2. The number of para-hydroxylation sites is 1. The molecule has 0 aliphatic rings. The zero-order valence-electron chi connectivity index (χ0n) is 10.8. The van der Waals surface area contributed by atoms with Crippen LogP contribution in [0, 0.1) is 6.92 Å². The molecule has 0 spiro atoms. The third-order valence-electron chi connectivity index (χ3n) is 2.76. The van der Waals surface area contributed by atoms with Gasteiger partial charge in [-0.3, -0.25) is 4.79 Å². The van der Waals surface area contributed by atoms with E-state index in [1.54, 1.807) is 10.8 Å². The monoisotopic (exact) mass is 279 g/mol. The van der Waals surface area contributed by atoms with Crippen molar-refractivity contribution in [1.29, 1.82) is 0 Å². The molecule has 1 N–H and O–H groups in total. The highest BCUT2D eigenvalue weighted by molar-refractivity contribution is 7.89. The molecule has 2 aromatic rings. The second-order valence-electron chi connectivity index (χ2n) is 4.44. The number of pyridine rings is 1. The Morgan fingerprint density at radius 1 is 1.26 bits per heavy atom. The lowest BCUT2D eigenvalue weighted by molar-refractivity contribution is -0.658. The lowest BCUT2D eigenvalue weighted by Crippen LogP contribution is -2.44. The fraction of sp³-hybridized carbons (Fsp3) is 0.231. The maximum atomic E-state index is 11.6. The van der Waals surface area contributed by atoms with E-state index in [-0.39, 0.29) is 6.54 Å². The summed E-state index contributed by atoms with van der Waals surface area (Å²) in [6.07, 6.45) is 2.74. The van der Waals surface area contributed by atoms with E-state index in [9.17, 15) is 13.2 Å². The van der Waals surface area contributed by atoms with Gasteiger partial charge in [0.1, 0.15) is 0 Å². The van der Waals surface area contributed by atoms with Crippen molar-refractivity contribution in [3.63, 3.8) is 0 Å². The van der Waals surface area contributed by atoms with E-state index < -0.39 is 15.9 Å². The number of rotatable bonds is 3. The minimum atomic E-state index is -3.52. The van der Waals surface area contributed by atoms with Crippen molar-refractivity contribution in [3.8, 4) is 0 Å². The first-order valence-corrected chi connectivity index (χ1v) is 7.64. The van der Waals surface area contributed by atoms with Crippen molar-refractivity contribution >= 4 is 26.8 Å². The van der Waals surface area contributed by atoms with E-state index in [1.807, 2.05) is 42.0 Å². The fourth-order valence-electron chi connectivity index (χ4n) is 1.96. The zero-order chi connectivity index (χ0) is 14.0. The van der Waals surface area contributed by atoms with Crippen LogP contribution < -0.4 is 9.29 Å². The van der Waals surface area contributed by atoms with Crippen molar-refractivity contribution in [2.75, 3.05) is 6.26 Å². The van der Waals surface area contributed by atoms with Gasteiger partial charge in [0.15, 0.2) is 6.20 Å². The molecule has 2 rings (SSSR count). The van der Waals surface area contributed by atoms with Crippen LogP contribution in [0.5, 0.6) is 0 Å². The predicted octanol–water partition coefficient (Wildman–Crippen LogP) is 0.512. The molecule has 0 radical (unpaired) electrons. The number of sulfonamides is 1. The predicted molar refractivity (Wildman–Crippen MR) is 71.9 cm³/mol. The average Bonchev–Trinajstić information content (AvgIpc) is 2.31. The summed E-state index contributed by atoms with van der Waals surface area (Å²) in [5, 5.41) is 1.04. The Morgan fingerprint density at radius 2 is 1.95 bits per heavy atom. The van der Waals surface area contributed by atoms with E-state index in [0.29, 0.717) is 0 Å². The smallest absolute Gasteiger partial charge is 0.267 e. The van der Waals surface area contributed by atoms with Gasteiger partial charge in [-0.25, -0.2) is 13.1 Å². The Hall–Kier alpha value is -1.95. The third kappa shape index (κ3) is 3.29. The van der Waals surface area contributed by atoms with Gasteiger partial charge in [-0.15, -0.1) is 0 Å². The van der Waals surface area contributed by atoms with E-state index in [2.05, 4.69) is 0 Å². The number of aryl methyl sites for hydroxylation is 1. The molecule has 0 saturated heterocycles. The molecule has 100 valence electrons. The van der Waals surface area contributed by atoms with Gasteiger partial charge < -0.3 is 0 Å². The molecule has 1 amide bonds. The summed E-state index contributed by atoms with van der Waals surface area (Å²) in [4.78, 5) is 11.6. The zero-order valence-corrected chi connectivity index (χ0v) is 11.6. The van der Waals surface area contributed by atoms with Crippen LogP contribution in [-0.2, 0) is 21.4 Å². The van der Waals surface area contributed by atoms with Crippen LogP contribution in [0.25, 0.3) is 10.9 Å². The van der Waals surface area contributed by atoms with Gasteiger partial charge in [0.05, 0.1) is 6.26 Å². The molecular formula is C13H15N2O3S+. The molecule has 1 aromatic carbocycles. The lowest BCUT2D eigenvalue weighted by atomic mass is 10.1. The van der Waals surface area contributed by atoms with Crippen molar-refractivity contribution < 1.29 is 17.8 Å². The molecule has 0 atom stereocenters. The highest BCUT2D eigenvalue weighted by Gasteiger charge is 2.16. The number of benzene rings is 1. The number of nitrogens with one attached hydrogen (secondary N) is 1. The standard InChI is InChI=1S/C13H14N2O3S/c1-10-7-8-15(9-13(16)14-19(2,17)18)12-6-4-3-5-11(10)12/h3-8H,9H2,1-2H3/p+1. The SMILES string of the molecule is Cc1cc[n+](CC(=O)NS(C)(=O)=O)c2ccccc12. The van der Waals surface area contributed by atoms with Crippen LogP contribution >= 0.6 is 0 Å². The summed E-state index contributed by atoms with van der Waals surface area (Å²) in [7, 11) is -3.52. The quantitative estimate of drug-likeness (QED) is 0.833. The first-order valence-electron chi connectivity index (χ1n) is 5.75. The van der Waals surface area contributed by atoms with Crippen molar-refractivity contribution in [3.05, 3.63) is 42.1 Å². The topological polar surface area (TPSA) is 67.1 Å². The Labute approximate surface area is 111 Å². The summed E-state index contributed by atoms with van der Waals surface area (Å²) >= 11 is 0. The Balaban J connectivity index is 2.37. The molecule has 5 nitrogen and oxygen atoms in total. The van der Waals surface area contributed by atoms with Crippen LogP contribution in [0.1, 0.15) is 5.56 Å². The van der Waals surface area contributed by atoms with Crippen LogP contribution in [0.4, 0.5) is 0 Å². The number of amides is 1. The van der Waals surface area contributed by atoms with Gasteiger partial charge in [0.25, 0.3) is 5.91 Å². The number of hydrogen-bond donors (Lipinski definition) is 1. The largest absolute Gasteiger partial charge is 0.299 e. The van der Waals surface area contributed by atoms with Gasteiger partial charge in [0.2, 0.25) is 22.1 Å². The normalized spacial score (nSPS) is 11.5. The van der Waals surface area contributed by atoms with Crippen molar-refractivity contribution in [2.45, 2.75) is 13.5 Å². The first-order chi connectivity index (χ1) is 8.87. The van der Waals surface area contributed by atoms with Gasteiger partial charge in [-0.05, 0) is 18.6 Å². The number of carbonyl (C=O) groups is 1. The molecule has 0 fully saturated rings. The molecule has 1 aromatic heterocycles. The molecule has 0 bridgehead atoms. The number of hydrogen-bond acceptors (Lipinski definition) is 3. The van der Waals surface area contributed by atoms with E-state index >= 15 is 0 Å². The van der Waals surface area contributed by atoms with Crippen LogP contribution in [0.2, 0.25) is 0 Å². The number of aromatic nitrogens is 1. The van der Waals surface area contributed by atoms with Crippen LogP contribution in [0.15, 0.2) is 36.5 Å². The lowest BCUT2D eigenvalue weighted by Gasteiger charge is -2.04. The molecule has 6 heteroatoms. The third-order valence-corrected chi connectivity index (χ3v) is 3.35. The summed E-state index contributed by atoms with van der Waals surface area (Å²) in [6, 6.07) is 9.57. The maximum Gasteiger partial charge on any atom is 0.299 e. The molecule has 1 heterocycles.